The number of aryl methyl sites for hydroxylation is 2. The first-order valence-corrected chi connectivity index (χ1v) is 10.9. The van der Waals surface area contributed by atoms with E-state index in [9.17, 15) is 9.59 Å². The Balaban J connectivity index is 1.83. The number of nitrogens with zero attached hydrogens (tertiary/aromatic N) is 1. The van der Waals surface area contributed by atoms with E-state index < -0.39 is 6.04 Å². The summed E-state index contributed by atoms with van der Waals surface area (Å²) in [7, 11) is 0. The summed E-state index contributed by atoms with van der Waals surface area (Å²) in [5.41, 5.74) is 3.82. The van der Waals surface area contributed by atoms with Crippen LogP contribution in [0.1, 0.15) is 38.9 Å². The molecule has 5 rings (SSSR count). The van der Waals surface area contributed by atoms with Crippen LogP contribution >= 0.6 is 27.5 Å². The maximum absolute atomic E-state index is 13.6. The van der Waals surface area contributed by atoms with E-state index in [4.69, 9.17) is 16.0 Å². The normalized spacial score (nSPS) is 15.5. The van der Waals surface area contributed by atoms with Gasteiger partial charge in [-0.05, 0) is 61.4 Å². The number of rotatable bonds is 2. The molecule has 1 unspecified atom stereocenters. The number of carbonyl (C=O) groups is 1. The van der Waals surface area contributed by atoms with Gasteiger partial charge in [-0.2, -0.15) is 0 Å². The number of halogens is 2. The Kier molecular flexibility index (Phi) is 4.76. The second-order valence-electron chi connectivity index (χ2n) is 7.74. The molecular weight excluding hydrogens is 478 g/mol. The third-order valence-electron chi connectivity index (χ3n) is 5.62. The lowest BCUT2D eigenvalue weighted by Gasteiger charge is -2.25. The molecular formula is C25H17BrClNO3. The number of amides is 1. The molecule has 1 aromatic heterocycles. The van der Waals surface area contributed by atoms with Crippen LogP contribution in [-0.4, -0.2) is 5.91 Å². The van der Waals surface area contributed by atoms with Gasteiger partial charge in [0.25, 0.3) is 5.91 Å². The van der Waals surface area contributed by atoms with Crippen molar-refractivity contribution in [1.82, 2.24) is 0 Å². The first-order valence-electron chi connectivity index (χ1n) is 9.77. The molecule has 0 spiro atoms. The minimum absolute atomic E-state index is 0.0722. The number of benzene rings is 3. The van der Waals surface area contributed by atoms with Crippen molar-refractivity contribution in [3.05, 3.63) is 108 Å². The highest BCUT2D eigenvalue weighted by molar-refractivity contribution is 9.10. The molecule has 1 atom stereocenters. The SMILES string of the molecule is Cc1ccc2oc3c(c(=O)c2c1)C(c1cccc(Br)c1)N(c1ccc(C)c(Cl)c1)C3=O. The average Bonchev–Trinajstić information content (AvgIpc) is 3.03. The van der Waals surface area contributed by atoms with E-state index in [1.54, 1.807) is 23.1 Å². The summed E-state index contributed by atoms with van der Waals surface area (Å²) in [6, 6.07) is 17.8. The first kappa shape index (κ1) is 20.0. The highest BCUT2D eigenvalue weighted by Gasteiger charge is 2.43. The lowest BCUT2D eigenvalue weighted by atomic mass is 9.98. The molecule has 154 valence electrons. The summed E-state index contributed by atoms with van der Waals surface area (Å²) in [5.74, 6) is -0.289. The van der Waals surface area contributed by atoms with E-state index in [-0.39, 0.29) is 17.1 Å². The van der Waals surface area contributed by atoms with Crippen LogP contribution in [0.4, 0.5) is 5.69 Å². The van der Waals surface area contributed by atoms with Crippen LogP contribution in [0, 0.1) is 13.8 Å². The summed E-state index contributed by atoms with van der Waals surface area (Å²) in [6.07, 6.45) is 0. The van der Waals surface area contributed by atoms with Crippen molar-refractivity contribution in [2.75, 3.05) is 4.90 Å². The second-order valence-corrected chi connectivity index (χ2v) is 9.06. The zero-order chi connectivity index (χ0) is 21.9. The van der Waals surface area contributed by atoms with Gasteiger partial charge in [0.2, 0.25) is 5.76 Å². The van der Waals surface area contributed by atoms with Crippen LogP contribution in [0.5, 0.6) is 0 Å². The van der Waals surface area contributed by atoms with Gasteiger partial charge < -0.3 is 4.42 Å². The minimum Gasteiger partial charge on any atom is -0.450 e. The summed E-state index contributed by atoms with van der Waals surface area (Å²) >= 11 is 9.88. The number of hydrogen-bond acceptors (Lipinski definition) is 3. The smallest absolute Gasteiger partial charge is 0.295 e. The zero-order valence-corrected chi connectivity index (χ0v) is 19.1. The molecule has 1 aliphatic rings. The third-order valence-corrected chi connectivity index (χ3v) is 6.52. The van der Waals surface area contributed by atoms with Crippen molar-refractivity contribution in [2.24, 2.45) is 0 Å². The van der Waals surface area contributed by atoms with Gasteiger partial charge in [-0.1, -0.05) is 57.4 Å². The highest BCUT2D eigenvalue weighted by Crippen LogP contribution is 2.42. The van der Waals surface area contributed by atoms with Crippen LogP contribution in [0.25, 0.3) is 11.0 Å². The minimum atomic E-state index is -0.625. The van der Waals surface area contributed by atoms with Gasteiger partial charge >= 0.3 is 0 Å². The lowest BCUT2D eigenvalue weighted by molar-refractivity contribution is 0.0971. The summed E-state index contributed by atoms with van der Waals surface area (Å²) in [6.45, 7) is 3.82. The Bertz CT molecular complexity index is 1440. The van der Waals surface area contributed by atoms with E-state index >= 15 is 0 Å². The number of fused-ring (bicyclic) bond motifs is 2. The van der Waals surface area contributed by atoms with E-state index in [2.05, 4.69) is 15.9 Å². The van der Waals surface area contributed by atoms with Crippen LogP contribution in [0.3, 0.4) is 0 Å². The fourth-order valence-electron chi connectivity index (χ4n) is 4.08. The van der Waals surface area contributed by atoms with Gasteiger partial charge in [-0.3, -0.25) is 14.5 Å². The number of anilines is 1. The quantitative estimate of drug-likeness (QED) is 0.316. The molecule has 4 aromatic rings. The molecule has 3 aromatic carbocycles. The van der Waals surface area contributed by atoms with Gasteiger partial charge in [-0.25, -0.2) is 0 Å². The standard InChI is InChI=1S/C25H17BrClNO3/c1-13-6-9-20-18(10-13)23(29)21-22(15-4-3-5-16(26)11-15)28(25(30)24(21)31-20)17-8-7-14(2)19(27)12-17/h3-12,22H,1-2H3. The Labute approximate surface area is 192 Å². The zero-order valence-electron chi connectivity index (χ0n) is 16.8. The van der Waals surface area contributed by atoms with E-state index in [1.807, 2.05) is 56.3 Å². The maximum Gasteiger partial charge on any atom is 0.295 e. The summed E-state index contributed by atoms with van der Waals surface area (Å²) in [5, 5.41) is 1.02. The molecule has 0 saturated carbocycles. The third kappa shape index (κ3) is 3.20. The molecule has 6 heteroatoms. The van der Waals surface area contributed by atoms with Crippen molar-refractivity contribution in [2.45, 2.75) is 19.9 Å². The fraction of sp³-hybridized carbons (Fsp3) is 0.120. The Morgan fingerprint density at radius 3 is 2.55 bits per heavy atom. The van der Waals surface area contributed by atoms with Crippen LogP contribution in [0.2, 0.25) is 5.02 Å². The second kappa shape index (κ2) is 7.36. The molecule has 0 radical (unpaired) electrons. The highest BCUT2D eigenvalue weighted by atomic mass is 79.9. The average molecular weight is 495 g/mol. The van der Waals surface area contributed by atoms with Crippen molar-refractivity contribution in [1.29, 1.82) is 0 Å². The molecule has 2 heterocycles. The molecule has 0 bridgehead atoms. The van der Waals surface area contributed by atoms with Crippen molar-refractivity contribution >= 4 is 50.1 Å². The Morgan fingerprint density at radius 1 is 1.00 bits per heavy atom. The van der Waals surface area contributed by atoms with Gasteiger partial charge in [0.15, 0.2) is 5.43 Å². The van der Waals surface area contributed by atoms with Crippen molar-refractivity contribution in [3.8, 4) is 0 Å². The topological polar surface area (TPSA) is 50.5 Å². The number of hydrogen-bond donors (Lipinski definition) is 0. The van der Waals surface area contributed by atoms with E-state index in [0.717, 1.165) is 21.2 Å². The fourth-order valence-corrected chi connectivity index (χ4v) is 4.67. The Hall–Kier alpha value is -2.89. The molecule has 0 fully saturated rings. The van der Waals surface area contributed by atoms with Crippen molar-refractivity contribution in [3.63, 3.8) is 0 Å². The molecule has 0 saturated heterocycles. The van der Waals surface area contributed by atoms with Crippen LogP contribution < -0.4 is 10.3 Å². The maximum atomic E-state index is 13.6. The number of carbonyl (C=O) groups excluding carboxylic acids is 1. The largest absolute Gasteiger partial charge is 0.450 e. The summed E-state index contributed by atoms with van der Waals surface area (Å²) < 4.78 is 6.86. The molecule has 4 nitrogen and oxygen atoms in total. The molecule has 0 N–H and O–H groups in total. The predicted molar refractivity (Wildman–Crippen MR) is 126 cm³/mol. The van der Waals surface area contributed by atoms with Gasteiger partial charge in [0, 0.05) is 15.2 Å². The monoisotopic (exact) mass is 493 g/mol. The lowest BCUT2D eigenvalue weighted by Crippen LogP contribution is -2.29. The molecule has 1 aliphatic heterocycles. The van der Waals surface area contributed by atoms with Gasteiger partial charge in [0.1, 0.15) is 5.58 Å². The van der Waals surface area contributed by atoms with Crippen molar-refractivity contribution < 1.29 is 9.21 Å². The van der Waals surface area contributed by atoms with E-state index in [0.29, 0.717) is 27.2 Å². The molecule has 31 heavy (non-hydrogen) atoms. The predicted octanol–water partition coefficient (Wildman–Crippen LogP) is 6.58. The first-order chi connectivity index (χ1) is 14.8. The Morgan fingerprint density at radius 2 is 1.81 bits per heavy atom. The van der Waals surface area contributed by atoms with Gasteiger partial charge in [-0.15, -0.1) is 0 Å². The van der Waals surface area contributed by atoms with Gasteiger partial charge in [0.05, 0.1) is 17.0 Å². The van der Waals surface area contributed by atoms with Crippen LogP contribution in [0.15, 0.2) is 74.3 Å². The van der Waals surface area contributed by atoms with E-state index in [1.165, 1.54) is 0 Å². The summed E-state index contributed by atoms with van der Waals surface area (Å²) in [4.78, 5) is 28.8. The molecule has 1 amide bonds. The molecule has 0 aliphatic carbocycles. The van der Waals surface area contributed by atoms with Crippen LogP contribution in [-0.2, 0) is 0 Å².